The highest BCUT2D eigenvalue weighted by molar-refractivity contribution is 6.30. The Hall–Kier alpha value is -2.13. The standard InChI is InChI=1S/C14H10ClN3/c15-12-3-1-2-11(10-12)14-17-8-9-18(14)13-4-6-16-7-5-13/h1-10H. The first-order valence-corrected chi connectivity index (χ1v) is 5.92. The number of hydrogen-bond acceptors (Lipinski definition) is 2. The summed E-state index contributed by atoms with van der Waals surface area (Å²) in [6.45, 7) is 0. The second kappa shape index (κ2) is 4.63. The van der Waals surface area contributed by atoms with Gasteiger partial charge in [-0.15, -0.1) is 0 Å². The summed E-state index contributed by atoms with van der Waals surface area (Å²) in [4.78, 5) is 8.40. The van der Waals surface area contributed by atoms with E-state index in [1.54, 1.807) is 18.6 Å². The third-order valence-corrected chi connectivity index (χ3v) is 2.90. The first kappa shape index (κ1) is 11.0. The average molecular weight is 256 g/mol. The summed E-state index contributed by atoms with van der Waals surface area (Å²) in [5.41, 5.74) is 2.02. The summed E-state index contributed by atoms with van der Waals surface area (Å²) in [7, 11) is 0. The van der Waals surface area contributed by atoms with Crippen LogP contribution >= 0.6 is 11.6 Å². The van der Waals surface area contributed by atoms with Gasteiger partial charge in [0.25, 0.3) is 0 Å². The van der Waals surface area contributed by atoms with Crippen molar-refractivity contribution in [3.63, 3.8) is 0 Å². The van der Waals surface area contributed by atoms with Crippen LogP contribution < -0.4 is 0 Å². The number of halogens is 1. The van der Waals surface area contributed by atoms with E-state index in [0.717, 1.165) is 17.1 Å². The second-order valence-electron chi connectivity index (χ2n) is 3.84. The molecule has 18 heavy (non-hydrogen) atoms. The van der Waals surface area contributed by atoms with Gasteiger partial charge in [0, 0.05) is 35.4 Å². The zero-order valence-electron chi connectivity index (χ0n) is 9.49. The predicted octanol–water partition coefficient (Wildman–Crippen LogP) is 3.59. The van der Waals surface area contributed by atoms with Gasteiger partial charge in [-0.2, -0.15) is 0 Å². The summed E-state index contributed by atoms with van der Waals surface area (Å²) in [5, 5.41) is 0.705. The molecule has 0 atom stereocenters. The topological polar surface area (TPSA) is 30.7 Å². The van der Waals surface area contributed by atoms with E-state index in [1.165, 1.54) is 0 Å². The van der Waals surface area contributed by atoms with E-state index in [2.05, 4.69) is 9.97 Å². The molecule has 2 aromatic heterocycles. The van der Waals surface area contributed by atoms with Crippen LogP contribution in [0.1, 0.15) is 0 Å². The third-order valence-electron chi connectivity index (χ3n) is 2.66. The van der Waals surface area contributed by atoms with E-state index >= 15 is 0 Å². The Bertz CT molecular complexity index is 662. The molecule has 3 nitrogen and oxygen atoms in total. The number of aromatic nitrogens is 3. The quantitative estimate of drug-likeness (QED) is 0.701. The molecule has 2 heterocycles. The zero-order chi connectivity index (χ0) is 12.4. The molecule has 0 N–H and O–H groups in total. The van der Waals surface area contributed by atoms with Gasteiger partial charge in [-0.1, -0.05) is 23.7 Å². The molecular weight excluding hydrogens is 246 g/mol. The lowest BCUT2D eigenvalue weighted by Crippen LogP contribution is -1.96. The molecule has 0 bridgehead atoms. The molecule has 0 aliphatic heterocycles. The Labute approximate surface area is 110 Å². The monoisotopic (exact) mass is 255 g/mol. The Morgan fingerprint density at radius 2 is 1.83 bits per heavy atom. The Balaban J connectivity index is 2.13. The van der Waals surface area contributed by atoms with Crippen molar-refractivity contribution in [2.75, 3.05) is 0 Å². The number of rotatable bonds is 2. The smallest absolute Gasteiger partial charge is 0.144 e. The van der Waals surface area contributed by atoms with Crippen LogP contribution in [0.5, 0.6) is 0 Å². The lowest BCUT2D eigenvalue weighted by molar-refractivity contribution is 1.06. The van der Waals surface area contributed by atoms with Crippen LogP contribution in [0.2, 0.25) is 5.02 Å². The molecule has 0 spiro atoms. The van der Waals surface area contributed by atoms with Crippen LogP contribution in [0.3, 0.4) is 0 Å². The van der Waals surface area contributed by atoms with Crippen molar-refractivity contribution < 1.29 is 0 Å². The number of imidazole rings is 1. The summed E-state index contributed by atoms with van der Waals surface area (Å²) in [6.07, 6.45) is 7.22. The van der Waals surface area contributed by atoms with Gasteiger partial charge in [0.15, 0.2) is 0 Å². The van der Waals surface area contributed by atoms with Gasteiger partial charge in [0.05, 0.1) is 5.69 Å². The summed E-state index contributed by atoms with van der Waals surface area (Å²) in [5.74, 6) is 0.865. The van der Waals surface area contributed by atoms with Crippen molar-refractivity contribution in [2.45, 2.75) is 0 Å². The van der Waals surface area contributed by atoms with E-state index in [4.69, 9.17) is 11.6 Å². The van der Waals surface area contributed by atoms with E-state index < -0.39 is 0 Å². The predicted molar refractivity (Wildman–Crippen MR) is 71.8 cm³/mol. The van der Waals surface area contributed by atoms with Crippen LogP contribution in [0.15, 0.2) is 61.2 Å². The van der Waals surface area contributed by atoms with Gasteiger partial charge in [0.2, 0.25) is 0 Å². The van der Waals surface area contributed by atoms with E-state index in [-0.39, 0.29) is 0 Å². The average Bonchev–Trinajstić information content (AvgIpc) is 2.89. The highest BCUT2D eigenvalue weighted by atomic mass is 35.5. The minimum atomic E-state index is 0.705. The Morgan fingerprint density at radius 3 is 2.61 bits per heavy atom. The van der Waals surface area contributed by atoms with Crippen molar-refractivity contribution in [3.05, 3.63) is 66.2 Å². The summed E-state index contributed by atoms with van der Waals surface area (Å²) < 4.78 is 2.01. The summed E-state index contributed by atoms with van der Waals surface area (Å²) in [6, 6.07) is 11.5. The fourth-order valence-electron chi connectivity index (χ4n) is 1.86. The molecular formula is C14H10ClN3. The second-order valence-corrected chi connectivity index (χ2v) is 4.27. The van der Waals surface area contributed by atoms with Crippen molar-refractivity contribution in [3.8, 4) is 17.1 Å². The number of benzene rings is 1. The molecule has 0 radical (unpaired) electrons. The van der Waals surface area contributed by atoms with Crippen LogP contribution in [-0.2, 0) is 0 Å². The fourth-order valence-corrected chi connectivity index (χ4v) is 2.05. The fraction of sp³-hybridized carbons (Fsp3) is 0. The van der Waals surface area contributed by atoms with Crippen molar-refractivity contribution >= 4 is 11.6 Å². The maximum absolute atomic E-state index is 6.01. The molecule has 3 aromatic rings. The van der Waals surface area contributed by atoms with Crippen molar-refractivity contribution in [1.29, 1.82) is 0 Å². The molecule has 0 aliphatic rings. The molecule has 0 amide bonds. The first-order chi connectivity index (χ1) is 8.84. The first-order valence-electron chi connectivity index (χ1n) is 5.54. The normalized spacial score (nSPS) is 10.5. The van der Waals surface area contributed by atoms with E-state index in [0.29, 0.717) is 5.02 Å². The van der Waals surface area contributed by atoms with Gasteiger partial charge in [-0.05, 0) is 24.3 Å². The zero-order valence-corrected chi connectivity index (χ0v) is 10.2. The number of pyridine rings is 1. The SMILES string of the molecule is Clc1cccc(-c2nccn2-c2ccncc2)c1. The number of hydrogen-bond donors (Lipinski definition) is 0. The minimum absolute atomic E-state index is 0.705. The van der Waals surface area contributed by atoms with Crippen LogP contribution in [-0.4, -0.2) is 14.5 Å². The van der Waals surface area contributed by atoms with Crippen LogP contribution in [0.4, 0.5) is 0 Å². The molecule has 0 saturated carbocycles. The molecule has 0 aliphatic carbocycles. The van der Waals surface area contributed by atoms with Crippen molar-refractivity contribution in [1.82, 2.24) is 14.5 Å². The van der Waals surface area contributed by atoms with E-state index in [1.807, 2.05) is 47.2 Å². The van der Waals surface area contributed by atoms with Gasteiger partial charge in [0.1, 0.15) is 5.82 Å². The maximum Gasteiger partial charge on any atom is 0.144 e. The molecule has 0 fully saturated rings. The van der Waals surface area contributed by atoms with Crippen molar-refractivity contribution in [2.24, 2.45) is 0 Å². The minimum Gasteiger partial charge on any atom is -0.300 e. The lowest BCUT2D eigenvalue weighted by Gasteiger charge is -2.07. The van der Waals surface area contributed by atoms with Gasteiger partial charge in [-0.25, -0.2) is 4.98 Å². The van der Waals surface area contributed by atoms with Crippen LogP contribution in [0, 0.1) is 0 Å². The Morgan fingerprint density at radius 1 is 1.00 bits per heavy atom. The van der Waals surface area contributed by atoms with Crippen LogP contribution in [0.25, 0.3) is 17.1 Å². The van der Waals surface area contributed by atoms with Gasteiger partial charge in [-0.3, -0.25) is 9.55 Å². The Kier molecular flexibility index (Phi) is 2.82. The molecule has 4 heteroatoms. The highest BCUT2D eigenvalue weighted by Gasteiger charge is 2.07. The molecule has 1 aromatic carbocycles. The molecule has 0 saturated heterocycles. The third kappa shape index (κ3) is 2.00. The molecule has 0 unspecified atom stereocenters. The van der Waals surface area contributed by atoms with E-state index in [9.17, 15) is 0 Å². The molecule has 88 valence electrons. The van der Waals surface area contributed by atoms with Gasteiger partial charge < -0.3 is 0 Å². The largest absolute Gasteiger partial charge is 0.300 e. The highest BCUT2D eigenvalue weighted by Crippen LogP contribution is 2.23. The molecule has 3 rings (SSSR count). The number of nitrogens with zero attached hydrogens (tertiary/aromatic N) is 3. The van der Waals surface area contributed by atoms with Gasteiger partial charge >= 0.3 is 0 Å². The lowest BCUT2D eigenvalue weighted by atomic mass is 10.2. The maximum atomic E-state index is 6.01. The summed E-state index contributed by atoms with van der Waals surface area (Å²) >= 11 is 6.01.